The lowest BCUT2D eigenvalue weighted by Crippen LogP contribution is -2.02. The molecule has 0 N–H and O–H groups in total. The second kappa shape index (κ2) is 5.90. The molecule has 0 aromatic carbocycles. The third kappa shape index (κ3) is 2.48. The summed E-state index contributed by atoms with van der Waals surface area (Å²) >= 11 is 0. The molecular weight excluding hydrogens is 252 g/mol. The number of rotatable bonds is 4. The molecule has 0 saturated heterocycles. The lowest BCUT2D eigenvalue weighted by atomic mass is 10.2. The molecule has 2 rings (SSSR count). The summed E-state index contributed by atoms with van der Waals surface area (Å²) in [5.74, 6) is 2.91. The molecule has 0 atom stereocenters. The first-order valence-electron chi connectivity index (χ1n) is 6.27. The highest BCUT2D eigenvalue weighted by Gasteiger charge is 2.14. The van der Waals surface area contributed by atoms with Gasteiger partial charge in [-0.05, 0) is 31.1 Å². The average Bonchev–Trinajstić information content (AvgIpc) is 2.83. The number of hydrogen-bond donors (Lipinski definition) is 0. The molecule has 20 heavy (non-hydrogen) atoms. The maximum atomic E-state index is 9.32. The minimum atomic E-state index is 0.353. The van der Waals surface area contributed by atoms with Crippen molar-refractivity contribution in [3.63, 3.8) is 0 Å². The summed E-state index contributed by atoms with van der Waals surface area (Å²) in [6.07, 6.45) is 7.73. The van der Waals surface area contributed by atoms with Crippen LogP contribution in [-0.2, 0) is 0 Å². The summed E-state index contributed by atoms with van der Waals surface area (Å²) < 4.78 is 6.94. The maximum absolute atomic E-state index is 9.32. The number of ether oxygens (including phenoxy) is 1. The Morgan fingerprint density at radius 2 is 2.35 bits per heavy atom. The van der Waals surface area contributed by atoms with E-state index in [9.17, 15) is 5.26 Å². The molecule has 0 saturated carbocycles. The lowest BCUT2D eigenvalue weighted by Gasteiger charge is -2.03. The van der Waals surface area contributed by atoms with Gasteiger partial charge in [-0.2, -0.15) is 9.78 Å². The maximum Gasteiger partial charge on any atom is 0.231 e. The van der Waals surface area contributed by atoms with E-state index in [0.29, 0.717) is 29.5 Å². The Morgan fingerprint density at radius 3 is 3.00 bits per heavy atom. The Bertz CT molecular complexity index is 744. The average molecular weight is 266 g/mol. The third-order valence-corrected chi connectivity index (χ3v) is 2.69. The first kappa shape index (κ1) is 13.6. The van der Waals surface area contributed by atoms with Crippen molar-refractivity contribution >= 4 is 11.2 Å². The summed E-state index contributed by atoms with van der Waals surface area (Å²) in [5.41, 5.74) is 2.24. The van der Waals surface area contributed by atoms with Crippen molar-refractivity contribution < 1.29 is 4.74 Å². The van der Waals surface area contributed by atoms with Crippen LogP contribution in [0.4, 0.5) is 0 Å². The van der Waals surface area contributed by atoms with Crippen molar-refractivity contribution in [1.82, 2.24) is 14.6 Å². The summed E-state index contributed by atoms with van der Waals surface area (Å²) in [6.45, 7) is 4.41. The zero-order valence-corrected chi connectivity index (χ0v) is 11.4. The Kier molecular flexibility index (Phi) is 4.02. The topological polar surface area (TPSA) is 63.2 Å². The number of nitriles is 1. The Morgan fingerprint density at radius 1 is 1.55 bits per heavy atom. The molecule has 0 aliphatic rings. The van der Waals surface area contributed by atoms with E-state index in [1.54, 1.807) is 18.2 Å². The molecule has 2 aromatic heterocycles. The van der Waals surface area contributed by atoms with Gasteiger partial charge in [-0.15, -0.1) is 11.5 Å². The highest BCUT2D eigenvalue weighted by atomic mass is 16.5. The molecule has 0 spiro atoms. The number of aromatic nitrogens is 3. The summed E-state index contributed by atoms with van der Waals surface area (Å²) in [4.78, 5) is 4.38. The Hall–Kier alpha value is -2.79. The lowest BCUT2D eigenvalue weighted by molar-refractivity contribution is 0.300. The molecule has 0 amide bonds. The molecular formula is C15H14N4O. The SMILES string of the molecule is C#C/C=C(\C)c1nc2ccc(OCCC)nn2c1C#N. The minimum Gasteiger partial charge on any atom is -0.477 e. The van der Waals surface area contributed by atoms with E-state index in [-0.39, 0.29) is 0 Å². The van der Waals surface area contributed by atoms with Gasteiger partial charge in [0.15, 0.2) is 11.3 Å². The molecule has 0 aliphatic heterocycles. The molecule has 0 radical (unpaired) electrons. The minimum absolute atomic E-state index is 0.353. The van der Waals surface area contributed by atoms with Crippen LogP contribution in [0.3, 0.4) is 0 Å². The van der Waals surface area contributed by atoms with Crippen molar-refractivity contribution in [3.05, 3.63) is 29.6 Å². The van der Waals surface area contributed by atoms with Crippen LogP contribution < -0.4 is 4.74 Å². The van der Waals surface area contributed by atoms with Gasteiger partial charge in [0.25, 0.3) is 0 Å². The zero-order valence-electron chi connectivity index (χ0n) is 11.4. The monoisotopic (exact) mass is 266 g/mol. The van der Waals surface area contributed by atoms with E-state index in [1.807, 2.05) is 13.8 Å². The van der Waals surface area contributed by atoms with Gasteiger partial charge in [-0.3, -0.25) is 0 Å². The fraction of sp³-hybridized carbons (Fsp3) is 0.267. The van der Waals surface area contributed by atoms with E-state index in [4.69, 9.17) is 11.2 Å². The molecule has 2 aromatic rings. The Labute approximate surface area is 117 Å². The van der Waals surface area contributed by atoms with Crippen LogP contribution in [0.25, 0.3) is 11.2 Å². The van der Waals surface area contributed by atoms with Crippen molar-refractivity contribution in [1.29, 1.82) is 5.26 Å². The van der Waals surface area contributed by atoms with Gasteiger partial charge in [0.1, 0.15) is 11.8 Å². The Balaban J connectivity index is 2.56. The van der Waals surface area contributed by atoms with E-state index < -0.39 is 0 Å². The van der Waals surface area contributed by atoms with E-state index >= 15 is 0 Å². The van der Waals surface area contributed by atoms with Crippen LogP contribution in [0.5, 0.6) is 5.88 Å². The van der Waals surface area contributed by atoms with E-state index in [2.05, 4.69) is 22.1 Å². The number of imidazole rings is 1. The van der Waals surface area contributed by atoms with E-state index in [1.165, 1.54) is 4.52 Å². The fourth-order valence-corrected chi connectivity index (χ4v) is 1.77. The second-order valence-electron chi connectivity index (χ2n) is 4.20. The number of terminal acetylenes is 1. The molecule has 0 aliphatic carbocycles. The van der Waals surface area contributed by atoms with Crippen LogP contribution in [0.15, 0.2) is 18.2 Å². The molecule has 5 heteroatoms. The predicted octanol–water partition coefficient (Wildman–Crippen LogP) is 2.43. The van der Waals surface area contributed by atoms with Gasteiger partial charge in [-0.25, -0.2) is 4.98 Å². The van der Waals surface area contributed by atoms with E-state index in [0.717, 1.165) is 12.0 Å². The number of allylic oxidation sites excluding steroid dienone is 2. The second-order valence-corrected chi connectivity index (χ2v) is 4.20. The van der Waals surface area contributed by atoms with Crippen LogP contribution in [0.2, 0.25) is 0 Å². The van der Waals surface area contributed by atoms with Crippen molar-refractivity contribution in [2.45, 2.75) is 20.3 Å². The zero-order chi connectivity index (χ0) is 14.5. The largest absolute Gasteiger partial charge is 0.477 e. The smallest absolute Gasteiger partial charge is 0.231 e. The van der Waals surface area contributed by atoms with Gasteiger partial charge in [-0.1, -0.05) is 12.8 Å². The van der Waals surface area contributed by atoms with Crippen molar-refractivity contribution in [3.8, 4) is 24.3 Å². The third-order valence-electron chi connectivity index (χ3n) is 2.69. The van der Waals surface area contributed by atoms with Crippen molar-refractivity contribution in [2.24, 2.45) is 0 Å². The number of hydrogen-bond acceptors (Lipinski definition) is 4. The summed E-state index contributed by atoms with van der Waals surface area (Å²) in [7, 11) is 0. The summed E-state index contributed by atoms with van der Waals surface area (Å²) in [5, 5.41) is 13.6. The van der Waals surface area contributed by atoms with Crippen molar-refractivity contribution in [2.75, 3.05) is 6.61 Å². The number of fused-ring (bicyclic) bond motifs is 1. The number of nitrogens with zero attached hydrogens (tertiary/aromatic N) is 4. The first-order valence-corrected chi connectivity index (χ1v) is 6.27. The molecule has 0 bridgehead atoms. The highest BCUT2D eigenvalue weighted by Crippen LogP contribution is 2.20. The van der Waals surface area contributed by atoms with Crippen LogP contribution in [-0.4, -0.2) is 21.2 Å². The van der Waals surface area contributed by atoms with Crippen LogP contribution >= 0.6 is 0 Å². The van der Waals surface area contributed by atoms with Gasteiger partial charge < -0.3 is 4.74 Å². The standard InChI is InChI=1S/C15H14N4O/c1-4-6-11(3)15-12(10-16)19-13(17-15)7-8-14(18-19)20-9-5-2/h1,6-8H,5,9H2,2-3H3/b11-6+. The first-order chi connectivity index (χ1) is 9.71. The van der Waals surface area contributed by atoms with Crippen LogP contribution in [0, 0.1) is 23.7 Å². The van der Waals surface area contributed by atoms with Gasteiger partial charge in [0.2, 0.25) is 5.88 Å². The fourth-order valence-electron chi connectivity index (χ4n) is 1.77. The highest BCUT2D eigenvalue weighted by molar-refractivity contribution is 5.70. The summed E-state index contributed by atoms with van der Waals surface area (Å²) in [6, 6.07) is 5.62. The normalized spacial score (nSPS) is 11.1. The van der Waals surface area contributed by atoms with Crippen LogP contribution in [0.1, 0.15) is 31.7 Å². The molecule has 0 unspecified atom stereocenters. The molecule has 100 valence electrons. The predicted molar refractivity (Wildman–Crippen MR) is 76.0 cm³/mol. The van der Waals surface area contributed by atoms with Gasteiger partial charge in [0.05, 0.1) is 6.61 Å². The molecule has 2 heterocycles. The van der Waals surface area contributed by atoms with Gasteiger partial charge >= 0.3 is 0 Å². The van der Waals surface area contributed by atoms with Gasteiger partial charge in [0, 0.05) is 6.07 Å². The molecule has 0 fully saturated rings. The molecule has 5 nitrogen and oxygen atoms in total. The quantitative estimate of drug-likeness (QED) is 0.797.